The van der Waals surface area contributed by atoms with Crippen LogP contribution in [-0.2, 0) is 15.8 Å². The number of anilines is 2. The highest BCUT2D eigenvalue weighted by Gasteiger charge is 2.49. The molecule has 2 aromatic carbocycles. The molecule has 0 fully saturated rings. The number of rotatable bonds is 6. The van der Waals surface area contributed by atoms with Gasteiger partial charge in [0.25, 0.3) is 5.91 Å². The molecule has 0 saturated carbocycles. The summed E-state index contributed by atoms with van der Waals surface area (Å²) in [6, 6.07) is 9.35. The van der Waals surface area contributed by atoms with Crippen LogP contribution >= 0.6 is 0 Å². The first-order valence-electron chi connectivity index (χ1n) is 11.5. The Balaban J connectivity index is 1.92. The minimum atomic E-state index is -4.62. The van der Waals surface area contributed by atoms with Gasteiger partial charge < -0.3 is 20.9 Å². The molecule has 0 aromatic heterocycles. The van der Waals surface area contributed by atoms with Gasteiger partial charge in [0.05, 0.1) is 35.1 Å². The van der Waals surface area contributed by atoms with Crippen LogP contribution in [0.2, 0.25) is 0 Å². The van der Waals surface area contributed by atoms with Crippen molar-refractivity contribution in [3.8, 4) is 0 Å². The number of benzene rings is 2. The van der Waals surface area contributed by atoms with Gasteiger partial charge in [-0.05, 0) is 49.7 Å². The third kappa shape index (κ3) is 4.48. The lowest BCUT2D eigenvalue weighted by Gasteiger charge is -2.41. The fourth-order valence-corrected chi connectivity index (χ4v) is 4.54. The average Bonchev–Trinajstić information content (AvgIpc) is 3.15. The number of halogens is 3. The van der Waals surface area contributed by atoms with Gasteiger partial charge in [-0.1, -0.05) is 18.2 Å². The third-order valence-electron chi connectivity index (χ3n) is 6.21. The SMILES string of the molecule is CCNC(=O)CN1C(=O)N(c2cccc(C(F)(F)F)c2)C2=C(C(=O)N(CC)C2)[C@H]1c1ccc(N)cc1. The van der Waals surface area contributed by atoms with Gasteiger partial charge in [0, 0.05) is 18.8 Å². The molecule has 3 N–H and O–H groups in total. The quantitative estimate of drug-likeness (QED) is 0.592. The lowest BCUT2D eigenvalue weighted by atomic mass is 9.93. The number of urea groups is 1. The Hall–Kier alpha value is -4.02. The van der Waals surface area contributed by atoms with Crippen LogP contribution in [0.3, 0.4) is 0 Å². The molecular formula is C25H26F3N5O3. The van der Waals surface area contributed by atoms with Crippen molar-refractivity contribution in [2.45, 2.75) is 26.1 Å². The zero-order valence-corrected chi connectivity index (χ0v) is 19.8. The van der Waals surface area contributed by atoms with E-state index in [0.29, 0.717) is 30.0 Å². The number of hydrogen-bond donors (Lipinski definition) is 2. The molecule has 0 bridgehead atoms. The van der Waals surface area contributed by atoms with E-state index in [1.165, 1.54) is 21.9 Å². The van der Waals surface area contributed by atoms with E-state index in [9.17, 15) is 27.6 Å². The second-order valence-electron chi connectivity index (χ2n) is 8.50. The summed E-state index contributed by atoms with van der Waals surface area (Å²) in [5.74, 6) is -0.808. The number of nitrogens with two attached hydrogens (primary N) is 1. The number of likely N-dealkylation sites (N-methyl/N-ethyl adjacent to an activating group) is 2. The van der Waals surface area contributed by atoms with Crippen molar-refractivity contribution in [1.29, 1.82) is 0 Å². The molecule has 190 valence electrons. The molecule has 0 aliphatic carbocycles. The van der Waals surface area contributed by atoms with Crippen molar-refractivity contribution in [3.63, 3.8) is 0 Å². The summed E-state index contributed by atoms with van der Waals surface area (Å²) in [5, 5.41) is 2.64. The summed E-state index contributed by atoms with van der Waals surface area (Å²) >= 11 is 0. The summed E-state index contributed by atoms with van der Waals surface area (Å²) in [6.45, 7) is 3.81. The zero-order chi connectivity index (χ0) is 26.2. The number of nitrogen functional groups attached to an aromatic ring is 1. The predicted molar refractivity (Wildman–Crippen MR) is 128 cm³/mol. The van der Waals surface area contributed by atoms with E-state index in [2.05, 4.69) is 5.32 Å². The fraction of sp³-hybridized carbons (Fsp3) is 0.320. The maximum Gasteiger partial charge on any atom is 0.416 e. The maximum absolute atomic E-state index is 13.9. The third-order valence-corrected chi connectivity index (χ3v) is 6.21. The van der Waals surface area contributed by atoms with Crippen LogP contribution < -0.4 is 16.0 Å². The van der Waals surface area contributed by atoms with Crippen LogP contribution in [0, 0.1) is 0 Å². The van der Waals surface area contributed by atoms with E-state index in [4.69, 9.17) is 5.73 Å². The number of nitrogens with one attached hydrogen (secondary N) is 1. The molecule has 0 radical (unpaired) electrons. The van der Waals surface area contributed by atoms with E-state index < -0.39 is 36.3 Å². The van der Waals surface area contributed by atoms with E-state index in [1.54, 1.807) is 38.1 Å². The highest BCUT2D eigenvalue weighted by atomic mass is 19.4. The van der Waals surface area contributed by atoms with Crippen molar-refractivity contribution in [1.82, 2.24) is 15.1 Å². The Morgan fingerprint density at radius 2 is 1.81 bits per heavy atom. The lowest BCUT2D eigenvalue weighted by molar-refractivity contribution is -0.137. The van der Waals surface area contributed by atoms with E-state index >= 15 is 0 Å². The van der Waals surface area contributed by atoms with Gasteiger partial charge in [-0.3, -0.25) is 14.5 Å². The van der Waals surface area contributed by atoms with Gasteiger partial charge in [0.2, 0.25) is 5.91 Å². The minimum Gasteiger partial charge on any atom is -0.399 e. The molecule has 0 saturated heterocycles. The van der Waals surface area contributed by atoms with E-state index in [-0.39, 0.29) is 23.7 Å². The summed E-state index contributed by atoms with van der Waals surface area (Å²) in [4.78, 5) is 43.9. The first kappa shape index (κ1) is 25.1. The second-order valence-corrected chi connectivity index (χ2v) is 8.50. The number of hydrogen-bond acceptors (Lipinski definition) is 4. The van der Waals surface area contributed by atoms with Gasteiger partial charge in [0.1, 0.15) is 6.54 Å². The molecule has 4 rings (SSSR count). The van der Waals surface area contributed by atoms with Crippen molar-refractivity contribution in [2.75, 3.05) is 36.8 Å². The number of amides is 4. The summed E-state index contributed by atoms with van der Waals surface area (Å²) in [7, 11) is 0. The maximum atomic E-state index is 13.9. The van der Waals surface area contributed by atoms with Crippen LogP contribution in [0.1, 0.15) is 31.0 Å². The number of nitrogens with zero attached hydrogens (tertiary/aromatic N) is 3. The van der Waals surface area contributed by atoms with Crippen LogP contribution in [0.15, 0.2) is 59.8 Å². The van der Waals surface area contributed by atoms with Crippen LogP contribution in [0.5, 0.6) is 0 Å². The van der Waals surface area contributed by atoms with Gasteiger partial charge in [-0.2, -0.15) is 13.2 Å². The molecule has 11 heteroatoms. The largest absolute Gasteiger partial charge is 0.416 e. The molecule has 4 amide bonds. The first-order valence-corrected chi connectivity index (χ1v) is 11.5. The smallest absolute Gasteiger partial charge is 0.399 e. The highest BCUT2D eigenvalue weighted by Crippen LogP contribution is 2.44. The Labute approximate surface area is 206 Å². The standard InChI is InChI=1S/C25H26F3N5O3/c1-3-30-20(34)14-32-22(15-8-10-17(29)11-9-15)21-19(13-31(4-2)23(21)35)33(24(32)36)18-7-5-6-16(12-18)25(26,27)28/h5-12,22H,3-4,13-14,29H2,1-2H3,(H,30,34)/t22-/m1/s1. The van der Waals surface area contributed by atoms with Crippen LogP contribution in [0.4, 0.5) is 29.3 Å². The van der Waals surface area contributed by atoms with Crippen molar-refractivity contribution < 1.29 is 27.6 Å². The van der Waals surface area contributed by atoms with Crippen LogP contribution in [-0.4, -0.2) is 53.8 Å². The Morgan fingerprint density at radius 1 is 1.11 bits per heavy atom. The number of carbonyl (C=O) groups is 3. The Bertz CT molecular complexity index is 1230. The molecule has 1 atom stereocenters. The van der Waals surface area contributed by atoms with Crippen molar-refractivity contribution in [2.24, 2.45) is 0 Å². The monoisotopic (exact) mass is 501 g/mol. The van der Waals surface area contributed by atoms with Crippen LogP contribution in [0.25, 0.3) is 0 Å². The molecule has 36 heavy (non-hydrogen) atoms. The molecular weight excluding hydrogens is 475 g/mol. The van der Waals surface area contributed by atoms with E-state index in [0.717, 1.165) is 17.0 Å². The fourth-order valence-electron chi connectivity index (χ4n) is 4.54. The Kier molecular flexibility index (Phi) is 6.66. The molecule has 2 aliphatic heterocycles. The number of alkyl halides is 3. The predicted octanol–water partition coefficient (Wildman–Crippen LogP) is 3.52. The number of carbonyl (C=O) groups excluding carboxylic acids is 3. The molecule has 0 unspecified atom stereocenters. The van der Waals surface area contributed by atoms with Gasteiger partial charge in [0.15, 0.2) is 0 Å². The zero-order valence-electron chi connectivity index (χ0n) is 19.8. The minimum absolute atomic E-state index is 0.0373. The van der Waals surface area contributed by atoms with Gasteiger partial charge >= 0.3 is 12.2 Å². The topological polar surface area (TPSA) is 99.0 Å². The average molecular weight is 502 g/mol. The normalized spacial score (nSPS) is 18.1. The molecule has 8 nitrogen and oxygen atoms in total. The molecule has 2 heterocycles. The van der Waals surface area contributed by atoms with Gasteiger partial charge in [-0.15, -0.1) is 0 Å². The van der Waals surface area contributed by atoms with Crippen molar-refractivity contribution in [3.05, 3.63) is 70.9 Å². The second kappa shape index (κ2) is 9.56. The Morgan fingerprint density at radius 3 is 2.42 bits per heavy atom. The van der Waals surface area contributed by atoms with Crippen molar-refractivity contribution >= 4 is 29.2 Å². The molecule has 2 aliphatic rings. The lowest BCUT2D eigenvalue weighted by Crippen LogP contribution is -2.53. The summed E-state index contributed by atoms with van der Waals surface area (Å²) in [6.07, 6.45) is -4.62. The molecule has 0 spiro atoms. The van der Waals surface area contributed by atoms with Gasteiger partial charge in [-0.25, -0.2) is 4.79 Å². The summed E-state index contributed by atoms with van der Waals surface area (Å²) < 4.78 is 40.4. The summed E-state index contributed by atoms with van der Waals surface area (Å²) in [5.41, 5.74) is 6.43. The highest BCUT2D eigenvalue weighted by molar-refractivity contribution is 6.08. The first-order chi connectivity index (χ1) is 17.1. The van der Waals surface area contributed by atoms with E-state index in [1.807, 2.05) is 0 Å². The molecule has 2 aromatic rings.